The highest BCUT2D eigenvalue weighted by Crippen LogP contribution is 2.09. The molecule has 112 valence electrons. The number of hydrogen-bond acceptors (Lipinski definition) is 5. The van der Waals surface area contributed by atoms with Crippen LogP contribution >= 0.6 is 11.3 Å². The fourth-order valence-corrected chi connectivity index (χ4v) is 2.43. The van der Waals surface area contributed by atoms with Gasteiger partial charge in [-0.2, -0.15) is 0 Å². The third kappa shape index (κ3) is 3.93. The van der Waals surface area contributed by atoms with Crippen LogP contribution in [0.1, 0.15) is 31.4 Å². The lowest BCUT2D eigenvalue weighted by atomic mass is 10.1. The molecule has 0 saturated heterocycles. The first-order valence-corrected chi connectivity index (χ1v) is 7.39. The maximum Gasteiger partial charge on any atom is 0.337 e. The average Bonchev–Trinajstić information content (AvgIpc) is 3.03. The Hall–Kier alpha value is -2.65. The summed E-state index contributed by atoms with van der Waals surface area (Å²) in [6.45, 7) is 0.437. The van der Waals surface area contributed by atoms with E-state index in [-0.39, 0.29) is 11.9 Å². The Kier molecular flexibility index (Phi) is 5.28. The quantitative estimate of drug-likeness (QED) is 0.676. The van der Waals surface area contributed by atoms with Gasteiger partial charge in [0.1, 0.15) is 5.69 Å². The minimum atomic E-state index is -0.379. The number of carbonyl (C=O) groups excluding carboxylic acids is 2. The number of ether oxygens (including phenoxy) is 1. The molecule has 0 radical (unpaired) electrons. The van der Waals surface area contributed by atoms with E-state index in [0.717, 1.165) is 5.56 Å². The second-order valence-electron chi connectivity index (χ2n) is 4.38. The zero-order valence-electron chi connectivity index (χ0n) is 12.0. The molecule has 1 heterocycles. The smallest absolute Gasteiger partial charge is 0.337 e. The van der Waals surface area contributed by atoms with Gasteiger partial charge in [0.2, 0.25) is 0 Å². The van der Waals surface area contributed by atoms with Crippen molar-refractivity contribution in [3.8, 4) is 12.3 Å². The third-order valence-electron chi connectivity index (χ3n) is 2.91. The predicted octanol–water partition coefficient (Wildman–Crippen LogP) is 1.88. The van der Waals surface area contributed by atoms with Crippen molar-refractivity contribution in [1.82, 2.24) is 10.3 Å². The standard InChI is InChI=1S/C16H14N2O3S/c1-3-14-18-13(10-22-14)15(19)17-8-7-11-5-4-6-12(9-11)16(20)21-2/h1,4-6,9-10H,7-8H2,2H3,(H,17,19). The van der Waals surface area contributed by atoms with Crippen LogP contribution in [-0.2, 0) is 11.2 Å². The number of thiazole rings is 1. The van der Waals surface area contributed by atoms with Crippen LogP contribution in [0.15, 0.2) is 29.6 Å². The van der Waals surface area contributed by atoms with E-state index >= 15 is 0 Å². The van der Waals surface area contributed by atoms with Crippen LogP contribution in [0, 0.1) is 12.3 Å². The van der Waals surface area contributed by atoms with Crippen molar-refractivity contribution in [3.63, 3.8) is 0 Å². The maximum atomic E-state index is 11.9. The number of methoxy groups -OCH3 is 1. The minimum Gasteiger partial charge on any atom is -0.465 e. The number of aromatic nitrogens is 1. The topological polar surface area (TPSA) is 68.3 Å². The molecule has 0 unspecified atom stereocenters. The van der Waals surface area contributed by atoms with Crippen molar-refractivity contribution in [2.24, 2.45) is 0 Å². The van der Waals surface area contributed by atoms with Crippen molar-refractivity contribution < 1.29 is 14.3 Å². The second-order valence-corrected chi connectivity index (χ2v) is 5.24. The highest BCUT2D eigenvalue weighted by Gasteiger charge is 2.10. The number of amides is 1. The lowest BCUT2D eigenvalue weighted by Gasteiger charge is -2.05. The summed E-state index contributed by atoms with van der Waals surface area (Å²) in [6.07, 6.45) is 5.82. The van der Waals surface area contributed by atoms with Gasteiger partial charge in [-0.15, -0.1) is 17.8 Å². The van der Waals surface area contributed by atoms with Gasteiger partial charge in [0.15, 0.2) is 5.01 Å². The molecular weight excluding hydrogens is 300 g/mol. The molecule has 1 aromatic carbocycles. The molecule has 1 amide bonds. The largest absolute Gasteiger partial charge is 0.465 e. The Morgan fingerprint density at radius 3 is 2.95 bits per heavy atom. The van der Waals surface area contributed by atoms with E-state index in [4.69, 9.17) is 6.42 Å². The van der Waals surface area contributed by atoms with Crippen LogP contribution in [0.3, 0.4) is 0 Å². The molecule has 0 aliphatic heterocycles. The molecule has 0 aliphatic carbocycles. The molecule has 6 heteroatoms. The van der Waals surface area contributed by atoms with Gasteiger partial charge in [-0.1, -0.05) is 12.1 Å². The Balaban J connectivity index is 1.89. The van der Waals surface area contributed by atoms with E-state index in [2.05, 4.69) is 21.0 Å². The van der Waals surface area contributed by atoms with Crippen LogP contribution in [0.25, 0.3) is 0 Å². The normalized spacial score (nSPS) is 9.82. The van der Waals surface area contributed by atoms with E-state index < -0.39 is 0 Å². The zero-order valence-corrected chi connectivity index (χ0v) is 12.8. The molecular formula is C16H14N2O3S. The van der Waals surface area contributed by atoms with Gasteiger partial charge in [-0.05, 0) is 30.0 Å². The number of terminal acetylenes is 1. The molecule has 1 aromatic heterocycles. The second kappa shape index (κ2) is 7.38. The van der Waals surface area contributed by atoms with Crippen molar-refractivity contribution in [1.29, 1.82) is 0 Å². The molecule has 0 spiro atoms. The van der Waals surface area contributed by atoms with Crippen molar-refractivity contribution >= 4 is 23.2 Å². The number of nitrogens with zero attached hydrogens (tertiary/aromatic N) is 1. The number of esters is 1. The summed E-state index contributed by atoms with van der Waals surface area (Å²) in [5.74, 6) is 1.75. The van der Waals surface area contributed by atoms with Crippen LogP contribution in [-0.4, -0.2) is 30.5 Å². The molecule has 0 saturated carbocycles. The Morgan fingerprint density at radius 1 is 1.45 bits per heavy atom. The molecule has 2 rings (SSSR count). The van der Waals surface area contributed by atoms with Crippen LogP contribution < -0.4 is 5.32 Å². The number of benzene rings is 1. The van der Waals surface area contributed by atoms with Gasteiger partial charge in [0.25, 0.3) is 5.91 Å². The summed E-state index contributed by atoms with van der Waals surface area (Å²) >= 11 is 1.26. The van der Waals surface area contributed by atoms with E-state index in [1.807, 2.05) is 6.07 Å². The van der Waals surface area contributed by atoms with Crippen LogP contribution in [0.2, 0.25) is 0 Å². The van der Waals surface area contributed by atoms with Gasteiger partial charge >= 0.3 is 5.97 Å². The summed E-state index contributed by atoms with van der Waals surface area (Å²) in [5.41, 5.74) is 1.75. The lowest BCUT2D eigenvalue weighted by molar-refractivity contribution is 0.0600. The molecule has 5 nitrogen and oxygen atoms in total. The lowest BCUT2D eigenvalue weighted by Crippen LogP contribution is -2.26. The Morgan fingerprint density at radius 2 is 2.27 bits per heavy atom. The number of carbonyl (C=O) groups is 2. The first-order chi connectivity index (χ1) is 10.6. The van der Waals surface area contributed by atoms with Crippen LogP contribution in [0.4, 0.5) is 0 Å². The first-order valence-electron chi connectivity index (χ1n) is 6.51. The van der Waals surface area contributed by atoms with Gasteiger partial charge < -0.3 is 10.1 Å². The van der Waals surface area contributed by atoms with Crippen LogP contribution in [0.5, 0.6) is 0 Å². The van der Waals surface area contributed by atoms with Gasteiger partial charge in [-0.25, -0.2) is 9.78 Å². The number of rotatable bonds is 5. The monoisotopic (exact) mass is 314 g/mol. The maximum absolute atomic E-state index is 11.9. The zero-order chi connectivity index (χ0) is 15.9. The van der Waals surface area contributed by atoms with E-state index in [0.29, 0.717) is 29.2 Å². The first kappa shape index (κ1) is 15.7. The Bertz CT molecular complexity index is 731. The van der Waals surface area contributed by atoms with E-state index in [9.17, 15) is 9.59 Å². The summed E-state index contributed by atoms with van der Waals surface area (Å²) in [7, 11) is 1.34. The highest BCUT2D eigenvalue weighted by atomic mass is 32.1. The van der Waals surface area contributed by atoms with E-state index in [1.165, 1.54) is 18.4 Å². The molecule has 0 aliphatic rings. The average molecular weight is 314 g/mol. The summed E-state index contributed by atoms with van der Waals surface area (Å²) in [6, 6.07) is 7.10. The number of hydrogen-bond donors (Lipinski definition) is 1. The molecule has 0 fully saturated rings. The SMILES string of the molecule is C#Cc1nc(C(=O)NCCc2cccc(C(=O)OC)c2)cs1. The predicted molar refractivity (Wildman–Crippen MR) is 83.9 cm³/mol. The summed E-state index contributed by atoms with van der Waals surface area (Å²) < 4.78 is 4.67. The fourth-order valence-electron chi connectivity index (χ4n) is 1.83. The van der Waals surface area contributed by atoms with Gasteiger partial charge in [-0.3, -0.25) is 4.79 Å². The summed E-state index contributed by atoms with van der Waals surface area (Å²) in [5, 5.41) is 4.88. The van der Waals surface area contributed by atoms with Gasteiger partial charge in [0, 0.05) is 11.9 Å². The van der Waals surface area contributed by atoms with Gasteiger partial charge in [0.05, 0.1) is 12.7 Å². The molecule has 22 heavy (non-hydrogen) atoms. The Labute approximate surface area is 132 Å². The molecule has 0 atom stereocenters. The number of nitrogens with one attached hydrogen (secondary N) is 1. The third-order valence-corrected chi connectivity index (χ3v) is 3.68. The molecule has 0 bridgehead atoms. The molecule has 2 aromatic rings. The summed E-state index contributed by atoms with van der Waals surface area (Å²) in [4.78, 5) is 27.3. The van der Waals surface area contributed by atoms with E-state index in [1.54, 1.807) is 23.6 Å². The van der Waals surface area contributed by atoms with Crippen molar-refractivity contribution in [2.45, 2.75) is 6.42 Å². The molecule has 1 N–H and O–H groups in total. The minimum absolute atomic E-state index is 0.262. The van der Waals surface area contributed by atoms with Crippen molar-refractivity contribution in [3.05, 3.63) is 51.5 Å². The van der Waals surface area contributed by atoms with Crippen molar-refractivity contribution in [2.75, 3.05) is 13.7 Å². The highest BCUT2D eigenvalue weighted by molar-refractivity contribution is 7.10. The fraction of sp³-hybridized carbons (Fsp3) is 0.188.